The van der Waals surface area contributed by atoms with Crippen LogP contribution in [0.3, 0.4) is 0 Å². The van der Waals surface area contributed by atoms with E-state index >= 15 is 0 Å². The molecule has 0 saturated carbocycles. The first-order valence-electron chi connectivity index (χ1n) is 6.73. The van der Waals surface area contributed by atoms with Crippen LogP contribution in [0.2, 0.25) is 0 Å². The highest BCUT2D eigenvalue weighted by Gasteiger charge is 2.31. The van der Waals surface area contributed by atoms with Crippen LogP contribution in [-0.2, 0) is 6.42 Å². The summed E-state index contributed by atoms with van der Waals surface area (Å²) < 4.78 is 5.31. The Morgan fingerprint density at radius 3 is 2.67 bits per heavy atom. The van der Waals surface area contributed by atoms with E-state index in [1.165, 1.54) is 11.3 Å². The molecule has 0 aromatic heterocycles. The summed E-state index contributed by atoms with van der Waals surface area (Å²) in [6.45, 7) is 6.57. The van der Waals surface area contributed by atoms with Crippen molar-refractivity contribution in [3.8, 4) is 5.75 Å². The van der Waals surface area contributed by atoms with Crippen LogP contribution in [0.4, 0.5) is 5.69 Å². The Balaban J connectivity index is 2.30. The zero-order valence-corrected chi connectivity index (χ0v) is 11.8. The molecule has 2 atom stereocenters. The van der Waals surface area contributed by atoms with Gasteiger partial charge in [-0.05, 0) is 57.4 Å². The first kappa shape index (κ1) is 13.2. The third-order valence-electron chi connectivity index (χ3n) is 3.61. The van der Waals surface area contributed by atoms with Crippen molar-refractivity contribution in [3.63, 3.8) is 0 Å². The van der Waals surface area contributed by atoms with Crippen LogP contribution in [0.1, 0.15) is 32.8 Å². The molecule has 2 unspecified atom stereocenters. The molecular weight excluding hydrogens is 224 g/mol. The maximum Gasteiger partial charge on any atom is 0.119 e. The minimum absolute atomic E-state index is 0.243. The lowest BCUT2D eigenvalue weighted by Crippen LogP contribution is -2.40. The SMILES string of the molecule is COc1ccc2c(c1)CC(CC(C)N)N2C(C)C. The average molecular weight is 248 g/mol. The van der Waals surface area contributed by atoms with Crippen molar-refractivity contribution in [2.75, 3.05) is 12.0 Å². The molecule has 3 heteroatoms. The second-order valence-electron chi connectivity index (χ2n) is 5.57. The maximum absolute atomic E-state index is 5.97. The quantitative estimate of drug-likeness (QED) is 0.890. The molecule has 0 saturated heterocycles. The molecule has 18 heavy (non-hydrogen) atoms. The largest absolute Gasteiger partial charge is 0.497 e. The number of benzene rings is 1. The molecule has 1 aromatic rings. The van der Waals surface area contributed by atoms with Crippen molar-refractivity contribution in [1.82, 2.24) is 0 Å². The zero-order chi connectivity index (χ0) is 13.3. The molecule has 3 nitrogen and oxygen atoms in total. The van der Waals surface area contributed by atoms with E-state index in [0.717, 1.165) is 18.6 Å². The number of anilines is 1. The lowest BCUT2D eigenvalue weighted by Gasteiger charge is -2.32. The van der Waals surface area contributed by atoms with Crippen molar-refractivity contribution in [3.05, 3.63) is 23.8 Å². The Bertz CT molecular complexity index is 415. The molecule has 1 heterocycles. The van der Waals surface area contributed by atoms with E-state index in [2.05, 4.69) is 37.8 Å². The number of hydrogen-bond donors (Lipinski definition) is 1. The van der Waals surface area contributed by atoms with Crippen molar-refractivity contribution in [2.24, 2.45) is 5.73 Å². The summed E-state index contributed by atoms with van der Waals surface area (Å²) in [5.41, 5.74) is 8.70. The monoisotopic (exact) mass is 248 g/mol. The van der Waals surface area contributed by atoms with E-state index in [0.29, 0.717) is 12.1 Å². The van der Waals surface area contributed by atoms with Crippen LogP contribution in [-0.4, -0.2) is 25.2 Å². The molecule has 0 amide bonds. The highest BCUT2D eigenvalue weighted by molar-refractivity contribution is 5.62. The van der Waals surface area contributed by atoms with E-state index in [1.807, 2.05) is 6.07 Å². The second-order valence-corrected chi connectivity index (χ2v) is 5.57. The van der Waals surface area contributed by atoms with Gasteiger partial charge in [-0.1, -0.05) is 0 Å². The van der Waals surface area contributed by atoms with Crippen molar-refractivity contribution < 1.29 is 4.74 Å². The van der Waals surface area contributed by atoms with Gasteiger partial charge in [0.2, 0.25) is 0 Å². The number of methoxy groups -OCH3 is 1. The highest BCUT2D eigenvalue weighted by atomic mass is 16.5. The molecular formula is C15H24N2O. The fourth-order valence-electron chi connectivity index (χ4n) is 2.98. The number of rotatable bonds is 4. The van der Waals surface area contributed by atoms with Gasteiger partial charge in [-0.3, -0.25) is 0 Å². The number of hydrogen-bond acceptors (Lipinski definition) is 3. The maximum atomic E-state index is 5.97. The standard InChI is InChI=1S/C15H24N2O/c1-10(2)17-13(7-11(3)16)8-12-9-14(18-4)5-6-15(12)17/h5-6,9-11,13H,7-8,16H2,1-4H3. The molecule has 0 spiro atoms. The van der Waals surface area contributed by atoms with Crippen LogP contribution in [0.5, 0.6) is 5.75 Å². The van der Waals surface area contributed by atoms with Crippen molar-refractivity contribution >= 4 is 5.69 Å². The topological polar surface area (TPSA) is 38.5 Å². The lowest BCUT2D eigenvalue weighted by molar-refractivity contribution is 0.414. The van der Waals surface area contributed by atoms with Gasteiger partial charge in [0.15, 0.2) is 0 Å². The summed E-state index contributed by atoms with van der Waals surface area (Å²) >= 11 is 0. The van der Waals surface area contributed by atoms with Gasteiger partial charge in [0.1, 0.15) is 5.75 Å². The Morgan fingerprint density at radius 1 is 1.39 bits per heavy atom. The summed E-state index contributed by atoms with van der Waals surface area (Å²) in [7, 11) is 1.72. The first-order valence-corrected chi connectivity index (χ1v) is 6.73. The number of nitrogens with two attached hydrogens (primary N) is 1. The van der Waals surface area contributed by atoms with Gasteiger partial charge in [0, 0.05) is 23.8 Å². The van der Waals surface area contributed by atoms with Crippen LogP contribution >= 0.6 is 0 Å². The molecule has 2 N–H and O–H groups in total. The third kappa shape index (κ3) is 2.46. The van der Waals surface area contributed by atoms with Gasteiger partial charge >= 0.3 is 0 Å². The highest BCUT2D eigenvalue weighted by Crippen LogP contribution is 2.37. The molecule has 1 aromatic carbocycles. The second kappa shape index (κ2) is 5.19. The average Bonchev–Trinajstić information content (AvgIpc) is 2.64. The van der Waals surface area contributed by atoms with Crippen molar-refractivity contribution in [2.45, 2.75) is 51.7 Å². The smallest absolute Gasteiger partial charge is 0.119 e. The number of fused-ring (bicyclic) bond motifs is 1. The van der Waals surface area contributed by atoms with Gasteiger partial charge in [0.25, 0.3) is 0 Å². The third-order valence-corrected chi connectivity index (χ3v) is 3.61. The summed E-state index contributed by atoms with van der Waals surface area (Å²) in [6.07, 6.45) is 2.11. The van der Waals surface area contributed by atoms with Crippen LogP contribution < -0.4 is 15.4 Å². The minimum Gasteiger partial charge on any atom is -0.497 e. The van der Waals surface area contributed by atoms with E-state index < -0.39 is 0 Å². The molecule has 100 valence electrons. The van der Waals surface area contributed by atoms with Crippen LogP contribution in [0.15, 0.2) is 18.2 Å². The van der Waals surface area contributed by atoms with Crippen LogP contribution in [0, 0.1) is 0 Å². The zero-order valence-electron chi connectivity index (χ0n) is 11.8. The predicted octanol–water partition coefficient (Wildman–Crippen LogP) is 2.57. The summed E-state index contributed by atoms with van der Waals surface area (Å²) in [5, 5.41) is 0. The Hall–Kier alpha value is -1.22. The van der Waals surface area contributed by atoms with Gasteiger partial charge in [-0.2, -0.15) is 0 Å². The molecule has 1 aliphatic rings. The summed E-state index contributed by atoms with van der Waals surface area (Å²) in [6, 6.07) is 7.65. The number of nitrogens with zero attached hydrogens (tertiary/aromatic N) is 1. The fraction of sp³-hybridized carbons (Fsp3) is 0.600. The minimum atomic E-state index is 0.243. The van der Waals surface area contributed by atoms with Crippen LogP contribution in [0.25, 0.3) is 0 Å². The fourth-order valence-corrected chi connectivity index (χ4v) is 2.98. The molecule has 1 aliphatic heterocycles. The van der Waals surface area contributed by atoms with E-state index in [-0.39, 0.29) is 6.04 Å². The number of ether oxygens (including phenoxy) is 1. The van der Waals surface area contributed by atoms with E-state index in [1.54, 1.807) is 7.11 Å². The van der Waals surface area contributed by atoms with Gasteiger partial charge < -0.3 is 15.4 Å². The molecule has 0 bridgehead atoms. The summed E-state index contributed by atoms with van der Waals surface area (Å²) in [5.74, 6) is 0.943. The van der Waals surface area contributed by atoms with Gasteiger partial charge in [-0.15, -0.1) is 0 Å². The summed E-state index contributed by atoms with van der Waals surface area (Å²) in [4.78, 5) is 2.50. The predicted molar refractivity (Wildman–Crippen MR) is 76.4 cm³/mol. The normalized spacial score (nSPS) is 20.1. The molecule has 0 aliphatic carbocycles. The molecule has 0 fully saturated rings. The Kier molecular flexibility index (Phi) is 3.81. The first-order chi connectivity index (χ1) is 8.52. The Morgan fingerprint density at radius 2 is 2.11 bits per heavy atom. The van der Waals surface area contributed by atoms with E-state index in [4.69, 9.17) is 10.5 Å². The van der Waals surface area contributed by atoms with Crippen molar-refractivity contribution in [1.29, 1.82) is 0 Å². The van der Waals surface area contributed by atoms with Gasteiger partial charge in [0.05, 0.1) is 7.11 Å². The lowest BCUT2D eigenvalue weighted by atomic mass is 10.0. The van der Waals surface area contributed by atoms with Gasteiger partial charge in [-0.25, -0.2) is 0 Å². The Labute approximate surface area is 110 Å². The van der Waals surface area contributed by atoms with E-state index in [9.17, 15) is 0 Å². The molecule has 2 rings (SSSR count). The molecule has 0 radical (unpaired) electrons.